The molecule has 4 heteroatoms. The lowest BCUT2D eigenvalue weighted by Crippen LogP contribution is -1.96. The Kier molecular flexibility index (Phi) is 3.96. The number of ether oxygens (including phenoxy) is 1. The van der Waals surface area contributed by atoms with Crippen LogP contribution in [0.25, 0.3) is 0 Å². The summed E-state index contributed by atoms with van der Waals surface area (Å²) in [5.74, 6) is 0.368. The van der Waals surface area contributed by atoms with Crippen LogP contribution >= 0.6 is 11.6 Å². The predicted octanol–water partition coefficient (Wildman–Crippen LogP) is 2.56. The second kappa shape index (κ2) is 5.25. The van der Waals surface area contributed by atoms with E-state index in [1.165, 1.54) is 6.07 Å². The Morgan fingerprint density at radius 1 is 1.64 bits per heavy atom. The van der Waals surface area contributed by atoms with Gasteiger partial charge in [0.1, 0.15) is 11.8 Å². The molecule has 0 saturated heterocycles. The molecular formula is C10H9ClN2O. The second-order valence-corrected chi connectivity index (χ2v) is 2.90. The molecule has 0 fully saturated rings. The molecule has 0 radical (unpaired) electrons. The van der Waals surface area contributed by atoms with Crippen LogP contribution in [0.3, 0.4) is 0 Å². The van der Waals surface area contributed by atoms with E-state index in [2.05, 4.69) is 4.98 Å². The molecule has 0 atom stereocenters. The van der Waals surface area contributed by atoms with Crippen molar-refractivity contribution in [3.05, 3.63) is 35.0 Å². The maximum atomic E-state index is 8.65. The van der Waals surface area contributed by atoms with Crippen molar-refractivity contribution in [3.63, 3.8) is 0 Å². The molecule has 0 aliphatic heterocycles. The van der Waals surface area contributed by atoms with Crippen LogP contribution < -0.4 is 4.74 Å². The molecule has 0 unspecified atom stereocenters. The van der Waals surface area contributed by atoms with Gasteiger partial charge in [-0.05, 0) is 13.0 Å². The molecule has 0 amide bonds. The standard InChI is InChI=1S/C10H9ClN2O/c1-2-3-4-14-10-6-8(7-12)5-9(11)13-10/h2-3,5-6H,4H2,1H3/b3-2+. The molecule has 0 aliphatic carbocycles. The van der Waals surface area contributed by atoms with Crippen molar-refractivity contribution in [1.29, 1.82) is 5.26 Å². The molecule has 1 aromatic rings. The summed E-state index contributed by atoms with van der Waals surface area (Å²) >= 11 is 5.68. The van der Waals surface area contributed by atoms with Crippen molar-refractivity contribution in [2.45, 2.75) is 6.92 Å². The number of halogens is 1. The van der Waals surface area contributed by atoms with Crippen molar-refractivity contribution < 1.29 is 4.74 Å². The fraction of sp³-hybridized carbons (Fsp3) is 0.200. The molecule has 1 heterocycles. The van der Waals surface area contributed by atoms with Crippen LogP contribution in [0.2, 0.25) is 5.15 Å². The van der Waals surface area contributed by atoms with Gasteiger partial charge in [0, 0.05) is 6.07 Å². The van der Waals surface area contributed by atoms with Crippen molar-refractivity contribution in [2.75, 3.05) is 6.61 Å². The number of hydrogen-bond acceptors (Lipinski definition) is 3. The molecular weight excluding hydrogens is 200 g/mol. The van der Waals surface area contributed by atoms with Gasteiger partial charge in [0.05, 0.1) is 11.6 Å². The molecule has 0 saturated carbocycles. The Labute approximate surface area is 87.6 Å². The number of allylic oxidation sites excluding steroid dienone is 1. The van der Waals surface area contributed by atoms with E-state index in [0.29, 0.717) is 18.1 Å². The molecule has 72 valence electrons. The van der Waals surface area contributed by atoms with Gasteiger partial charge < -0.3 is 4.74 Å². The van der Waals surface area contributed by atoms with E-state index in [1.807, 2.05) is 25.1 Å². The average molecular weight is 209 g/mol. The largest absolute Gasteiger partial charge is 0.473 e. The van der Waals surface area contributed by atoms with E-state index < -0.39 is 0 Å². The van der Waals surface area contributed by atoms with Gasteiger partial charge >= 0.3 is 0 Å². The topological polar surface area (TPSA) is 45.9 Å². The van der Waals surface area contributed by atoms with Gasteiger partial charge in [0.25, 0.3) is 0 Å². The van der Waals surface area contributed by atoms with Crippen LogP contribution in [0.4, 0.5) is 0 Å². The van der Waals surface area contributed by atoms with Crippen LogP contribution in [0, 0.1) is 11.3 Å². The SMILES string of the molecule is C/C=C/COc1cc(C#N)cc(Cl)n1. The summed E-state index contributed by atoms with van der Waals surface area (Å²) in [5, 5.41) is 8.92. The highest BCUT2D eigenvalue weighted by Crippen LogP contribution is 2.15. The Balaban J connectivity index is 2.77. The van der Waals surface area contributed by atoms with Crippen LogP contribution in [0.15, 0.2) is 24.3 Å². The number of pyridine rings is 1. The number of nitrogens with zero attached hydrogens (tertiary/aromatic N) is 2. The van der Waals surface area contributed by atoms with Gasteiger partial charge in [-0.15, -0.1) is 0 Å². The first kappa shape index (κ1) is 10.6. The van der Waals surface area contributed by atoms with E-state index in [0.717, 1.165) is 0 Å². The highest BCUT2D eigenvalue weighted by atomic mass is 35.5. The Bertz CT molecular complexity index is 382. The lowest BCUT2D eigenvalue weighted by atomic mass is 10.3. The third-order valence-corrected chi connectivity index (χ3v) is 1.66. The smallest absolute Gasteiger partial charge is 0.216 e. The fourth-order valence-corrected chi connectivity index (χ4v) is 1.04. The van der Waals surface area contributed by atoms with Crippen molar-refractivity contribution in [2.24, 2.45) is 0 Å². The van der Waals surface area contributed by atoms with E-state index in [9.17, 15) is 0 Å². The number of hydrogen-bond donors (Lipinski definition) is 0. The van der Waals surface area contributed by atoms with Gasteiger partial charge in [-0.2, -0.15) is 5.26 Å². The third-order valence-electron chi connectivity index (χ3n) is 1.46. The first-order valence-corrected chi connectivity index (χ1v) is 4.45. The van der Waals surface area contributed by atoms with E-state index in [-0.39, 0.29) is 5.15 Å². The number of aromatic nitrogens is 1. The number of rotatable bonds is 3. The zero-order chi connectivity index (χ0) is 10.4. The molecule has 14 heavy (non-hydrogen) atoms. The van der Waals surface area contributed by atoms with Gasteiger partial charge in [-0.1, -0.05) is 23.8 Å². The molecule has 0 N–H and O–H groups in total. The zero-order valence-corrected chi connectivity index (χ0v) is 8.45. The van der Waals surface area contributed by atoms with Crippen molar-refractivity contribution >= 4 is 11.6 Å². The first-order valence-electron chi connectivity index (χ1n) is 4.08. The van der Waals surface area contributed by atoms with E-state index >= 15 is 0 Å². The maximum absolute atomic E-state index is 8.65. The molecule has 1 rings (SSSR count). The quantitative estimate of drug-likeness (QED) is 0.567. The Morgan fingerprint density at radius 3 is 3.07 bits per heavy atom. The first-order chi connectivity index (χ1) is 6.76. The zero-order valence-electron chi connectivity index (χ0n) is 7.70. The summed E-state index contributed by atoms with van der Waals surface area (Å²) in [4.78, 5) is 3.91. The minimum absolute atomic E-state index is 0.263. The maximum Gasteiger partial charge on any atom is 0.216 e. The summed E-state index contributed by atoms with van der Waals surface area (Å²) < 4.78 is 5.24. The number of nitriles is 1. The van der Waals surface area contributed by atoms with Crippen LogP contribution in [0.5, 0.6) is 5.88 Å². The second-order valence-electron chi connectivity index (χ2n) is 2.51. The highest BCUT2D eigenvalue weighted by Gasteiger charge is 2.00. The monoisotopic (exact) mass is 208 g/mol. The predicted molar refractivity (Wildman–Crippen MR) is 54.3 cm³/mol. The lowest BCUT2D eigenvalue weighted by Gasteiger charge is -2.02. The van der Waals surface area contributed by atoms with Gasteiger partial charge in [-0.3, -0.25) is 0 Å². The Hall–Kier alpha value is -1.53. The summed E-state index contributed by atoms with van der Waals surface area (Å²) in [7, 11) is 0. The van der Waals surface area contributed by atoms with Crippen molar-refractivity contribution in [1.82, 2.24) is 4.98 Å². The highest BCUT2D eigenvalue weighted by molar-refractivity contribution is 6.29. The van der Waals surface area contributed by atoms with Crippen LogP contribution in [-0.2, 0) is 0 Å². The van der Waals surface area contributed by atoms with E-state index in [1.54, 1.807) is 6.07 Å². The lowest BCUT2D eigenvalue weighted by molar-refractivity contribution is 0.348. The van der Waals surface area contributed by atoms with Gasteiger partial charge in [0.2, 0.25) is 5.88 Å². The Morgan fingerprint density at radius 2 is 2.43 bits per heavy atom. The summed E-state index contributed by atoms with van der Waals surface area (Å²) in [5.41, 5.74) is 0.445. The van der Waals surface area contributed by atoms with Crippen LogP contribution in [0.1, 0.15) is 12.5 Å². The molecule has 1 aromatic heterocycles. The molecule has 0 aliphatic rings. The third kappa shape index (κ3) is 3.08. The van der Waals surface area contributed by atoms with Crippen molar-refractivity contribution in [3.8, 4) is 11.9 Å². The molecule has 0 bridgehead atoms. The normalized spacial score (nSPS) is 10.1. The van der Waals surface area contributed by atoms with Gasteiger partial charge in [-0.25, -0.2) is 4.98 Å². The van der Waals surface area contributed by atoms with Crippen LogP contribution in [-0.4, -0.2) is 11.6 Å². The van der Waals surface area contributed by atoms with Gasteiger partial charge in [0.15, 0.2) is 0 Å². The molecule has 0 spiro atoms. The van der Waals surface area contributed by atoms with E-state index in [4.69, 9.17) is 21.6 Å². The summed E-state index contributed by atoms with van der Waals surface area (Å²) in [6.45, 7) is 2.32. The fourth-order valence-electron chi connectivity index (χ4n) is 0.841. The minimum Gasteiger partial charge on any atom is -0.473 e. The molecule has 0 aromatic carbocycles. The average Bonchev–Trinajstić information content (AvgIpc) is 2.17. The minimum atomic E-state index is 0.263. The summed E-state index contributed by atoms with van der Waals surface area (Å²) in [6, 6.07) is 5.02. The summed E-state index contributed by atoms with van der Waals surface area (Å²) in [6.07, 6.45) is 3.71. The molecule has 3 nitrogen and oxygen atoms in total.